The molecule has 0 bridgehead atoms. The van der Waals surface area contributed by atoms with Crippen LogP contribution in [0.1, 0.15) is 12.0 Å². The monoisotopic (exact) mass is 306 g/mol. The maximum absolute atomic E-state index is 13.1. The zero-order chi connectivity index (χ0) is 14.8. The van der Waals surface area contributed by atoms with Crippen LogP contribution in [0.25, 0.3) is 0 Å². The Hall–Kier alpha value is -1.82. The average molecular weight is 306 g/mol. The van der Waals surface area contributed by atoms with E-state index in [1.165, 1.54) is 31.0 Å². The number of carbonyl (C=O) groups excluding carboxylic acids is 1. The number of halogens is 1. The largest absolute Gasteiger partial charge is 0.397 e. The summed E-state index contributed by atoms with van der Waals surface area (Å²) in [5.74, 6) is 0.385. The van der Waals surface area contributed by atoms with Gasteiger partial charge in [-0.1, -0.05) is 16.9 Å². The molecule has 0 aliphatic carbocycles. The van der Waals surface area contributed by atoms with Crippen molar-refractivity contribution in [3.05, 3.63) is 47.3 Å². The number of hydrogen-bond acceptors (Lipinski definition) is 4. The second kappa shape index (κ2) is 5.89. The first-order chi connectivity index (χ1) is 10.2. The van der Waals surface area contributed by atoms with Crippen LogP contribution in [0.4, 0.5) is 4.39 Å². The molecule has 21 heavy (non-hydrogen) atoms. The Morgan fingerprint density at radius 3 is 2.90 bits per heavy atom. The SMILES string of the molecule is CO/N=C(/c1ccc(F)cc1)N1CCC2SC(=O)C=C2C1. The van der Waals surface area contributed by atoms with Crippen molar-refractivity contribution < 1.29 is 14.0 Å². The molecule has 1 fully saturated rings. The van der Waals surface area contributed by atoms with Gasteiger partial charge in [0, 0.05) is 23.9 Å². The minimum absolute atomic E-state index is 0.129. The molecule has 0 spiro atoms. The predicted octanol–water partition coefficient (Wildman–Crippen LogP) is 2.41. The first-order valence-corrected chi connectivity index (χ1v) is 7.58. The third kappa shape index (κ3) is 2.95. The lowest BCUT2D eigenvalue weighted by Gasteiger charge is -2.33. The van der Waals surface area contributed by atoms with Crippen LogP contribution in [0.15, 0.2) is 41.1 Å². The molecule has 0 aromatic heterocycles. The van der Waals surface area contributed by atoms with Crippen LogP contribution in [0, 0.1) is 5.82 Å². The van der Waals surface area contributed by atoms with Crippen molar-refractivity contribution in [1.29, 1.82) is 0 Å². The molecule has 1 unspecified atom stereocenters. The summed E-state index contributed by atoms with van der Waals surface area (Å²) in [5, 5.41) is 4.51. The molecule has 2 aliphatic heterocycles. The van der Waals surface area contributed by atoms with Crippen LogP contribution in [-0.2, 0) is 9.63 Å². The van der Waals surface area contributed by atoms with Gasteiger partial charge < -0.3 is 9.74 Å². The van der Waals surface area contributed by atoms with E-state index in [1.54, 1.807) is 18.2 Å². The predicted molar refractivity (Wildman–Crippen MR) is 80.6 cm³/mol. The van der Waals surface area contributed by atoms with E-state index in [1.807, 2.05) is 0 Å². The van der Waals surface area contributed by atoms with Gasteiger partial charge in [-0.2, -0.15) is 0 Å². The maximum Gasteiger partial charge on any atom is 0.212 e. The molecular formula is C15H15FN2O2S. The Morgan fingerprint density at radius 1 is 1.43 bits per heavy atom. The van der Waals surface area contributed by atoms with Crippen LogP contribution in [0.5, 0.6) is 0 Å². The fourth-order valence-electron chi connectivity index (χ4n) is 2.62. The smallest absolute Gasteiger partial charge is 0.212 e. The molecule has 0 radical (unpaired) electrons. The Balaban J connectivity index is 1.85. The number of benzene rings is 1. The Labute approximate surface area is 126 Å². The first-order valence-electron chi connectivity index (χ1n) is 6.70. The molecule has 1 atom stereocenters. The number of nitrogens with zero attached hydrogens (tertiary/aromatic N) is 2. The van der Waals surface area contributed by atoms with E-state index in [0.29, 0.717) is 17.6 Å². The number of amidine groups is 1. The minimum atomic E-state index is -0.283. The molecule has 1 aromatic rings. The number of carbonyl (C=O) groups is 1. The standard InChI is InChI=1S/C15H15FN2O2S/c1-20-17-15(10-2-4-12(16)5-3-10)18-7-6-13-11(9-18)8-14(19)21-13/h2-5,8,13H,6-7,9H2,1H3/b17-15-. The summed E-state index contributed by atoms with van der Waals surface area (Å²) in [5.41, 5.74) is 1.93. The van der Waals surface area contributed by atoms with Gasteiger partial charge in [0.15, 0.2) is 5.84 Å². The van der Waals surface area contributed by atoms with Crippen molar-refractivity contribution in [1.82, 2.24) is 4.90 Å². The topological polar surface area (TPSA) is 41.9 Å². The minimum Gasteiger partial charge on any atom is -0.397 e. The van der Waals surface area contributed by atoms with E-state index >= 15 is 0 Å². The van der Waals surface area contributed by atoms with Crippen LogP contribution in [-0.4, -0.2) is 41.3 Å². The number of thioether (sulfide) groups is 1. The molecule has 110 valence electrons. The molecule has 3 rings (SSSR count). The third-order valence-corrected chi connectivity index (χ3v) is 4.76. The van der Waals surface area contributed by atoms with E-state index in [2.05, 4.69) is 10.1 Å². The lowest BCUT2D eigenvalue weighted by molar-refractivity contribution is -0.106. The summed E-state index contributed by atoms with van der Waals surface area (Å²) in [6.07, 6.45) is 2.61. The van der Waals surface area contributed by atoms with Crippen molar-refractivity contribution >= 4 is 22.7 Å². The Bertz CT molecular complexity index is 613. The summed E-state index contributed by atoms with van der Waals surface area (Å²) in [4.78, 5) is 18.5. The van der Waals surface area contributed by atoms with Gasteiger partial charge in [-0.25, -0.2) is 4.39 Å². The summed E-state index contributed by atoms with van der Waals surface area (Å²) in [6, 6.07) is 6.17. The van der Waals surface area contributed by atoms with Gasteiger partial charge in [0.1, 0.15) is 12.9 Å². The van der Waals surface area contributed by atoms with Crippen LogP contribution >= 0.6 is 11.8 Å². The van der Waals surface area contributed by atoms with Crippen molar-refractivity contribution in [3.63, 3.8) is 0 Å². The van der Waals surface area contributed by atoms with E-state index in [-0.39, 0.29) is 10.9 Å². The van der Waals surface area contributed by atoms with Crippen molar-refractivity contribution in [3.8, 4) is 0 Å². The van der Waals surface area contributed by atoms with E-state index in [0.717, 1.165) is 24.1 Å². The van der Waals surface area contributed by atoms with Gasteiger partial charge in [-0.3, -0.25) is 4.79 Å². The van der Waals surface area contributed by atoms with Crippen molar-refractivity contribution in [2.45, 2.75) is 11.7 Å². The number of rotatable bonds is 2. The summed E-state index contributed by atoms with van der Waals surface area (Å²) < 4.78 is 13.1. The molecule has 0 N–H and O–H groups in total. The van der Waals surface area contributed by atoms with Crippen molar-refractivity contribution in [2.24, 2.45) is 5.16 Å². The number of likely N-dealkylation sites (tertiary alicyclic amines) is 1. The second-order valence-electron chi connectivity index (χ2n) is 4.96. The van der Waals surface area contributed by atoms with Crippen LogP contribution in [0.2, 0.25) is 0 Å². The molecular weight excluding hydrogens is 291 g/mol. The summed E-state index contributed by atoms with van der Waals surface area (Å²) in [7, 11) is 1.49. The van der Waals surface area contributed by atoms with Gasteiger partial charge >= 0.3 is 0 Å². The quantitative estimate of drug-likeness (QED) is 0.478. The Morgan fingerprint density at radius 2 is 2.19 bits per heavy atom. The Kier molecular flexibility index (Phi) is 3.96. The highest BCUT2D eigenvalue weighted by molar-refractivity contribution is 8.15. The molecule has 4 nitrogen and oxygen atoms in total. The summed E-state index contributed by atoms with van der Waals surface area (Å²) >= 11 is 1.40. The van der Waals surface area contributed by atoms with E-state index in [9.17, 15) is 9.18 Å². The number of oxime groups is 1. The van der Waals surface area contributed by atoms with Gasteiger partial charge in [-0.15, -0.1) is 0 Å². The number of hydrogen-bond donors (Lipinski definition) is 0. The molecule has 2 aliphatic rings. The zero-order valence-electron chi connectivity index (χ0n) is 11.6. The highest BCUT2D eigenvalue weighted by atomic mass is 32.2. The molecule has 0 amide bonds. The summed E-state index contributed by atoms with van der Waals surface area (Å²) in [6.45, 7) is 1.45. The molecule has 0 saturated carbocycles. The number of fused-ring (bicyclic) bond motifs is 1. The fraction of sp³-hybridized carbons (Fsp3) is 0.333. The second-order valence-corrected chi connectivity index (χ2v) is 6.17. The third-order valence-electron chi connectivity index (χ3n) is 3.59. The first kappa shape index (κ1) is 14.1. The number of piperidine rings is 1. The van der Waals surface area contributed by atoms with Crippen molar-refractivity contribution in [2.75, 3.05) is 20.2 Å². The van der Waals surface area contributed by atoms with Gasteiger partial charge in [0.2, 0.25) is 5.12 Å². The maximum atomic E-state index is 13.1. The lowest BCUT2D eigenvalue weighted by atomic mass is 10.0. The molecule has 2 heterocycles. The normalized spacial score (nSPS) is 22.1. The highest BCUT2D eigenvalue weighted by Crippen LogP contribution is 2.35. The highest BCUT2D eigenvalue weighted by Gasteiger charge is 2.32. The molecule has 1 aromatic carbocycles. The van der Waals surface area contributed by atoms with E-state index < -0.39 is 0 Å². The zero-order valence-corrected chi connectivity index (χ0v) is 12.4. The van der Waals surface area contributed by atoms with Gasteiger partial charge in [0.05, 0.1) is 0 Å². The lowest BCUT2D eigenvalue weighted by Crippen LogP contribution is -2.40. The van der Waals surface area contributed by atoms with Gasteiger partial charge in [0.25, 0.3) is 0 Å². The average Bonchev–Trinajstić information content (AvgIpc) is 2.85. The molecule has 6 heteroatoms. The van der Waals surface area contributed by atoms with E-state index in [4.69, 9.17) is 4.84 Å². The van der Waals surface area contributed by atoms with Gasteiger partial charge in [-0.05, 0) is 42.3 Å². The van der Waals surface area contributed by atoms with Crippen LogP contribution in [0.3, 0.4) is 0 Å². The van der Waals surface area contributed by atoms with Crippen LogP contribution < -0.4 is 0 Å². The molecule has 1 saturated heterocycles. The fourth-order valence-corrected chi connectivity index (χ4v) is 3.63.